The summed E-state index contributed by atoms with van der Waals surface area (Å²) in [5.74, 6) is -1.11. The molecule has 3 aromatic rings. The lowest BCUT2D eigenvalue weighted by atomic mass is 9.98. The summed E-state index contributed by atoms with van der Waals surface area (Å²) in [5, 5.41) is 5.48. The summed E-state index contributed by atoms with van der Waals surface area (Å²) in [6, 6.07) is 4.61. The number of amides is 2. The first-order chi connectivity index (χ1) is 25.7. The number of fused-ring (bicyclic) bond motifs is 1. The first-order valence-corrected chi connectivity index (χ1v) is 19.6. The molecule has 0 saturated carbocycles. The minimum absolute atomic E-state index is 0.0542. The SMILES string of the molecule is O=C1CCC(Nc2cc(F)c(N3CCN(CCN4CCC(COc5cc(F)c6c(=O)[nH]c(CSC7CCOCC7)nc6c5)CC4)CC3)c(F)c2)C(=O)N1. The molecule has 12 nitrogen and oxygen atoms in total. The minimum atomic E-state index is -0.723. The molecular weight excluding hydrogens is 712 g/mol. The van der Waals surface area contributed by atoms with Gasteiger partial charge in [0.25, 0.3) is 5.56 Å². The van der Waals surface area contributed by atoms with E-state index >= 15 is 8.78 Å². The number of ether oxygens (including phenoxy) is 2. The van der Waals surface area contributed by atoms with Gasteiger partial charge in [0.15, 0.2) is 11.6 Å². The van der Waals surface area contributed by atoms with Crippen molar-refractivity contribution in [3.05, 3.63) is 57.9 Å². The fourth-order valence-corrected chi connectivity index (χ4v) is 8.55. The van der Waals surface area contributed by atoms with Crippen LogP contribution in [-0.2, 0) is 20.1 Å². The van der Waals surface area contributed by atoms with Gasteiger partial charge >= 0.3 is 0 Å². The molecule has 1 atom stereocenters. The number of nitrogens with one attached hydrogen (secondary N) is 3. The van der Waals surface area contributed by atoms with Crippen LogP contribution in [0.3, 0.4) is 0 Å². The van der Waals surface area contributed by atoms with Gasteiger partial charge in [-0.15, -0.1) is 0 Å². The number of nitrogens with zero attached hydrogens (tertiary/aromatic N) is 4. The van der Waals surface area contributed by atoms with Crippen LogP contribution in [-0.4, -0.2) is 115 Å². The van der Waals surface area contributed by atoms with Gasteiger partial charge in [0.1, 0.15) is 34.5 Å². The highest BCUT2D eigenvalue weighted by molar-refractivity contribution is 7.99. The van der Waals surface area contributed by atoms with E-state index in [-0.39, 0.29) is 35.5 Å². The van der Waals surface area contributed by atoms with Gasteiger partial charge in [-0.25, -0.2) is 18.2 Å². The van der Waals surface area contributed by atoms with E-state index in [0.29, 0.717) is 66.8 Å². The molecule has 0 bridgehead atoms. The molecule has 1 aromatic heterocycles. The monoisotopic (exact) mass is 757 g/mol. The predicted molar refractivity (Wildman–Crippen MR) is 197 cm³/mol. The van der Waals surface area contributed by atoms with Gasteiger partial charge in [0.05, 0.1) is 17.9 Å². The molecule has 4 saturated heterocycles. The molecule has 3 N–H and O–H groups in total. The summed E-state index contributed by atoms with van der Waals surface area (Å²) in [6.07, 6.45) is 4.25. The van der Waals surface area contributed by atoms with Gasteiger partial charge in [-0.1, -0.05) is 0 Å². The van der Waals surface area contributed by atoms with Crippen molar-refractivity contribution in [2.24, 2.45) is 5.92 Å². The highest BCUT2D eigenvalue weighted by Gasteiger charge is 2.29. The molecule has 1 unspecified atom stereocenters. The van der Waals surface area contributed by atoms with Crippen LogP contribution in [0.25, 0.3) is 10.9 Å². The molecule has 2 amide bonds. The Morgan fingerprint density at radius 2 is 1.57 bits per heavy atom. The molecule has 16 heteroatoms. The number of imide groups is 1. The number of hydrogen-bond acceptors (Lipinski definition) is 11. The van der Waals surface area contributed by atoms with Gasteiger partial charge in [-0.3, -0.25) is 24.6 Å². The number of halogens is 3. The number of H-pyrrole nitrogens is 1. The lowest BCUT2D eigenvalue weighted by Crippen LogP contribution is -2.49. The van der Waals surface area contributed by atoms with Crippen molar-refractivity contribution in [2.45, 2.75) is 55.6 Å². The van der Waals surface area contributed by atoms with Gasteiger partial charge in [-0.2, -0.15) is 11.8 Å². The fourth-order valence-electron chi connectivity index (χ4n) is 7.49. The normalized spacial score (nSPS) is 21.3. The van der Waals surface area contributed by atoms with E-state index in [1.807, 2.05) is 0 Å². The zero-order valence-electron chi connectivity index (χ0n) is 29.6. The number of piperazine rings is 1. The molecule has 2 aromatic carbocycles. The Labute approximate surface area is 310 Å². The summed E-state index contributed by atoms with van der Waals surface area (Å²) >= 11 is 1.73. The van der Waals surface area contributed by atoms with E-state index < -0.39 is 35.0 Å². The second-order valence-electron chi connectivity index (χ2n) is 14.3. The highest BCUT2D eigenvalue weighted by Crippen LogP contribution is 2.30. The smallest absolute Gasteiger partial charge is 0.261 e. The van der Waals surface area contributed by atoms with Crippen molar-refractivity contribution in [3.8, 4) is 5.75 Å². The van der Waals surface area contributed by atoms with E-state index in [1.54, 1.807) is 22.7 Å². The summed E-state index contributed by atoms with van der Waals surface area (Å²) in [5.41, 5.74) is -0.0834. The number of carbonyl (C=O) groups excluding carboxylic acids is 2. The Morgan fingerprint density at radius 1 is 0.868 bits per heavy atom. The first kappa shape index (κ1) is 37.5. The van der Waals surface area contributed by atoms with Crippen LogP contribution in [0.4, 0.5) is 24.5 Å². The zero-order valence-corrected chi connectivity index (χ0v) is 30.5. The third kappa shape index (κ3) is 9.45. The van der Waals surface area contributed by atoms with Crippen LogP contribution >= 0.6 is 11.8 Å². The zero-order chi connectivity index (χ0) is 36.9. The number of piperidine rings is 2. The van der Waals surface area contributed by atoms with E-state index in [9.17, 15) is 18.8 Å². The summed E-state index contributed by atoms with van der Waals surface area (Å²) in [7, 11) is 0. The van der Waals surface area contributed by atoms with E-state index in [2.05, 4.69) is 30.4 Å². The quantitative estimate of drug-likeness (QED) is 0.233. The highest BCUT2D eigenvalue weighted by atomic mass is 32.2. The minimum Gasteiger partial charge on any atom is -0.493 e. The first-order valence-electron chi connectivity index (χ1n) is 18.5. The number of carbonyl (C=O) groups is 2. The number of anilines is 2. The van der Waals surface area contributed by atoms with E-state index in [0.717, 1.165) is 65.1 Å². The number of likely N-dealkylation sites (tertiary alicyclic amines) is 1. The molecule has 0 aliphatic carbocycles. The molecular formula is C37H46F3N7O5S. The molecule has 4 aliphatic rings. The third-order valence-corrected chi connectivity index (χ3v) is 12.0. The van der Waals surface area contributed by atoms with Crippen molar-refractivity contribution in [1.82, 2.24) is 25.1 Å². The van der Waals surface area contributed by atoms with Crippen LogP contribution in [0.5, 0.6) is 5.75 Å². The number of aromatic amines is 1. The third-order valence-electron chi connectivity index (χ3n) is 10.6. The number of benzene rings is 2. The van der Waals surface area contributed by atoms with Crippen LogP contribution < -0.4 is 25.8 Å². The van der Waals surface area contributed by atoms with E-state index in [4.69, 9.17) is 9.47 Å². The van der Waals surface area contributed by atoms with Crippen molar-refractivity contribution in [3.63, 3.8) is 0 Å². The van der Waals surface area contributed by atoms with Crippen molar-refractivity contribution in [1.29, 1.82) is 0 Å². The van der Waals surface area contributed by atoms with Gasteiger partial charge in [0.2, 0.25) is 11.8 Å². The molecule has 7 rings (SSSR count). The van der Waals surface area contributed by atoms with Crippen molar-refractivity contribution >= 4 is 45.9 Å². The second-order valence-corrected chi connectivity index (χ2v) is 15.6. The van der Waals surface area contributed by atoms with Crippen LogP contribution in [0.15, 0.2) is 29.1 Å². The Bertz CT molecular complexity index is 1820. The van der Waals surface area contributed by atoms with Gasteiger partial charge in [-0.05, 0) is 63.2 Å². The summed E-state index contributed by atoms with van der Waals surface area (Å²) in [6.45, 7) is 7.86. The Morgan fingerprint density at radius 3 is 2.26 bits per heavy atom. The lowest BCUT2D eigenvalue weighted by molar-refractivity contribution is -0.133. The maximum atomic E-state index is 15.1. The Kier molecular flexibility index (Phi) is 12.1. The van der Waals surface area contributed by atoms with Crippen LogP contribution in [0.1, 0.15) is 44.3 Å². The standard InChI is InChI=1S/C37H46F3N7O5S/c38-27-19-25(20-31-34(27)37(50)43-32(42-31)22-53-26-5-15-51-16-6-26)52-21-23-3-7-45(8-4-23)9-10-46-11-13-47(14-12-46)35-28(39)17-24(18-29(35)40)41-30-1-2-33(48)44-36(30)49/h17-20,23,26,30,41H,1-16,21-22H2,(H,42,43,50)(H,44,48,49). The maximum absolute atomic E-state index is 15.1. The molecule has 0 spiro atoms. The lowest BCUT2D eigenvalue weighted by Gasteiger charge is -2.38. The number of aromatic nitrogens is 2. The van der Waals surface area contributed by atoms with Gasteiger partial charge in [0, 0.05) is 82.0 Å². The second kappa shape index (κ2) is 17.1. The Balaban J connectivity index is 0.832. The number of thioether (sulfide) groups is 1. The average molecular weight is 758 g/mol. The largest absolute Gasteiger partial charge is 0.493 e. The predicted octanol–water partition coefficient (Wildman–Crippen LogP) is 3.88. The Hall–Kier alpha value is -3.86. The maximum Gasteiger partial charge on any atom is 0.261 e. The van der Waals surface area contributed by atoms with Crippen molar-refractivity contribution < 1.29 is 32.2 Å². The molecule has 286 valence electrons. The average Bonchev–Trinajstić information content (AvgIpc) is 3.14. The molecule has 53 heavy (non-hydrogen) atoms. The summed E-state index contributed by atoms with van der Waals surface area (Å²) < 4.78 is 56.7. The topological polar surface area (TPSA) is 132 Å². The van der Waals surface area contributed by atoms with E-state index in [1.165, 1.54) is 18.2 Å². The van der Waals surface area contributed by atoms with Gasteiger partial charge < -0.3 is 29.6 Å². The summed E-state index contributed by atoms with van der Waals surface area (Å²) in [4.78, 5) is 49.9. The molecule has 5 heterocycles. The number of rotatable bonds is 12. The molecule has 4 fully saturated rings. The molecule has 4 aliphatic heterocycles. The van der Waals surface area contributed by atoms with Crippen molar-refractivity contribution in [2.75, 3.05) is 82.4 Å². The fraction of sp³-hybridized carbons (Fsp3) is 0.568. The van der Waals surface area contributed by atoms with Crippen LogP contribution in [0, 0.1) is 23.4 Å². The molecule has 0 radical (unpaired) electrons. The van der Waals surface area contributed by atoms with Crippen LogP contribution in [0.2, 0.25) is 0 Å². The number of hydrogen-bond donors (Lipinski definition) is 3.